The van der Waals surface area contributed by atoms with Gasteiger partial charge in [0.15, 0.2) is 0 Å². The lowest BCUT2D eigenvalue weighted by atomic mass is 10.6. The Kier molecular flexibility index (Phi) is 3.28. The highest BCUT2D eigenvalue weighted by Crippen LogP contribution is 1.82. The van der Waals surface area contributed by atoms with Crippen LogP contribution >= 0.6 is 12.4 Å². The quantitative estimate of drug-likeness (QED) is 0.555. The summed E-state index contributed by atoms with van der Waals surface area (Å²) < 4.78 is 0. The molecule has 0 aromatic carbocycles. The molecule has 46 valence electrons. The van der Waals surface area contributed by atoms with E-state index in [1.807, 2.05) is 0 Å². The topological polar surface area (TPSA) is 24.4 Å². The Hall–Kier alpha value is -0.500. The van der Waals surface area contributed by atoms with Gasteiger partial charge in [0.2, 0.25) is 0 Å². The fourth-order valence-corrected chi connectivity index (χ4v) is 0.553. The van der Waals surface area contributed by atoms with Crippen molar-refractivity contribution in [3.8, 4) is 0 Å². The van der Waals surface area contributed by atoms with Crippen molar-refractivity contribution in [1.29, 1.82) is 0 Å². The number of aliphatic imine (C=N–C) groups is 1. The predicted octanol–water partition coefficient (Wildman–Crippen LogP) is 0.596. The minimum absolute atomic E-state index is 0. The van der Waals surface area contributed by atoms with E-state index >= 15 is 0 Å². The Morgan fingerprint density at radius 1 is 1.75 bits per heavy atom. The molecule has 1 aliphatic heterocycles. The molecule has 8 heavy (non-hydrogen) atoms. The van der Waals surface area contributed by atoms with Crippen molar-refractivity contribution in [3.63, 3.8) is 0 Å². The maximum absolute atomic E-state index is 4.04. The van der Waals surface area contributed by atoms with E-state index in [0.717, 1.165) is 18.9 Å². The fourth-order valence-electron chi connectivity index (χ4n) is 0.553. The second-order valence-corrected chi connectivity index (χ2v) is 1.40. The Morgan fingerprint density at radius 3 is 2.75 bits per heavy atom. The monoisotopic (exact) mass is 132 g/mol. The van der Waals surface area contributed by atoms with Crippen molar-refractivity contribution < 1.29 is 0 Å². The number of hydrogen-bond donors (Lipinski definition) is 1. The number of nitrogens with one attached hydrogen (secondary N) is 1. The molecule has 1 rings (SSSR count). The minimum Gasteiger partial charge on any atom is -0.369 e. The zero-order chi connectivity index (χ0) is 5.11. The first-order valence-electron chi connectivity index (χ1n) is 2.34. The van der Waals surface area contributed by atoms with Crippen molar-refractivity contribution in [2.75, 3.05) is 13.1 Å². The SMILES string of the molecule is C=CC1=NCCN1.Cl. The summed E-state index contributed by atoms with van der Waals surface area (Å²) in [5, 5.41) is 3.04. The Balaban J connectivity index is 0.000000490. The van der Waals surface area contributed by atoms with Gasteiger partial charge in [0.05, 0.1) is 6.54 Å². The van der Waals surface area contributed by atoms with Crippen LogP contribution in [0.15, 0.2) is 17.6 Å². The van der Waals surface area contributed by atoms with Crippen LogP contribution in [0.4, 0.5) is 0 Å². The summed E-state index contributed by atoms with van der Waals surface area (Å²) in [4.78, 5) is 4.04. The summed E-state index contributed by atoms with van der Waals surface area (Å²) in [6.45, 7) is 5.43. The summed E-state index contributed by atoms with van der Waals surface area (Å²) >= 11 is 0. The Labute approximate surface area is 55.1 Å². The third-order valence-corrected chi connectivity index (χ3v) is 0.893. The highest BCUT2D eigenvalue weighted by atomic mass is 35.5. The van der Waals surface area contributed by atoms with E-state index in [9.17, 15) is 0 Å². The largest absolute Gasteiger partial charge is 0.369 e. The molecule has 0 fully saturated rings. The molecular formula is C5H9ClN2. The van der Waals surface area contributed by atoms with Crippen LogP contribution in [-0.2, 0) is 0 Å². The van der Waals surface area contributed by atoms with E-state index in [2.05, 4.69) is 16.9 Å². The zero-order valence-electron chi connectivity index (χ0n) is 4.55. The summed E-state index contributed by atoms with van der Waals surface area (Å²) in [7, 11) is 0. The van der Waals surface area contributed by atoms with Crippen molar-refractivity contribution in [2.24, 2.45) is 4.99 Å². The summed E-state index contributed by atoms with van der Waals surface area (Å²) in [5.74, 6) is 0.931. The molecule has 1 N–H and O–H groups in total. The molecule has 2 nitrogen and oxygen atoms in total. The maximum Gasteiger partial charge on any atom is 0.120 e. The van der Waals surface area contributed by atoms with Gasteiger partial charge in [-0.25, -0.2) is 0 Å². The molecule has 3 heteroatoms. The predicted molar refractivity (Wildman–Crippen MR) is 37.7 cm³/mol. The molecule has 0 bridgehead atoms. The molecule has 0 amide bonds. The molecule has 0 unspecified atom stereocenters. The van der Waals surface area contributed by atoms with Gasteiger partial charge in [-0.3, -0.25) is 4.99 Å². The van der Waals surface area contributed by atoms with E-state index in [0.29, 0.717) is 0 Å². The second-order valence-electron chi connectivity index (χ2n) is 1.40. The van der Waals surface area contributed by atoms with Gasteiger partial charge in [0.1, 0.15) is 5.84 Å². The number of nitrogens with zero attached hydrogens (tertiary/aromatic N) is 1. The normalized spacial score (nSPS) is 15.8. The molecule has 1 heterocycles. The zero-order valence-corrected chi connectivity index (χ0v) is 5.37. The smallest absolute Gasteiger partial charge is 0.120 e. The second kappa shape index (κ2) is 3.50. The van der Waals surface area contributed by atoms with E-state index in [1.165, 1.54) is 0 Å². The Bertz CT molecular complexity index is 109. The summed E-state index contributed by atoms with van der Waals surface area (Å²) in [5.41, 5.74) is 0. The summed E-state index contributed by atoms with van der Waals surface area (Å²) in [6, 6.07) is 0. The molecule has 0 aromatic rings. The van der Waals surface area contributed by atoms with Gasteiger partial charge in [-0.05, 0) is 6.08 Å². The highest BCUT2D eigenvalue weighted by molar-refractivity contribution is 5.93. The number of halogens is 1. The molecular weight excluding hydrogens is 124 g/mol. The number of amidine groups is 1. The first-order chi connectivity index (χ1) is 3.43. The van der Waals surface area contributed by atoms with Crippen LogP contribution in [0.1, 0.15) is 0 Å². The van der Waals surface area contributed by atoms with Gasteiger partial charge < -0.3 is 5.32 Å². The van der Waals surface area contributed by atoms with Crippen LogP contribution in [0.3, 0.4) is 0 Å². The van der Waals surface area contributed by atoms with Crippen LogP contribution in [0.2, 0.25) is 0 Å². The molecule has 0 radical (unpaired) electrons. The van der Waals surface area contributed by atoms with Crippen LogP contribution in [-0.4, -0.2) is 18.9 Å². The van der Waals surface area contributed by atoms with Crippen LogP contribution < -0.4 is 5.32 Å². The van der Waals surface area contributed by atoms with Crippen molar-refractivity contribution in [1.82, 2.24) is 5.32 Å². The lowest BCUT2D eigenvalue weighted by Crippen LogP contribution is -2.15. The third-order valence-electron chi connectivity index (χ3n) is 0.893. The summed E-state index contributed by atoms with van der Waals surface area (Å²) in [6.07, 6.45) is 1.73. The maximum atomic E-state index is 4.04. The van der Waals surface area contributed by atoms with Crippen molar-refractivity contribution in [3.05, 3.63) is 12.7 Å². The van der Waals surface area contributed by atoms with Gasteiger partial charge in [-0.2, -0.15) is 0 Å². The van der Waals surface area contributed by atoms with Crippen molar-refractivity contribution >= 4 is 18.2 Å². The first-order valence-corrected chi connectivity index (χ1v) is 2.34. The molecule has 0 saturated heterocycles. The number of rotatable bonds is 1. The van der Waals surface area contributed by atoms with E-state index in [-0.39, 0.29) is 12.4 Å². The lowest BCUT2D eigenvalue weighted by molar-refractivity contribution is 0.961. The standard InChI is InChI=1S/C5H8N2.ClH/c1-2-5-6-3-4-7-5;/h2H,1,3-4H2,(H,6,7);1H. The first kappa shape index (κ1) is 7.50. The number of hydrogen-bond acceptors (Lipinski definition) is 2. The van der Waals surface area contributed by atoms with E-state index < -0.39 is 0 Å². The van der Waals surface area contributed by atoms with Crippen molar-refractivity contribution in [2.45, 2.75) is 0 Å². The average molecular weight is 133 g/mol. The molecule has 1 aliphatic rings. The van der Waals surface area contributed by atoms with E-state index in [1.54, 1.807) is 6.08 Å². The molecule has 0 aliphatic carbocycles. The van der Waals surface area contributed by atoms with Crippen LogP contribution in [0, 0.1) is 0 Å². The van der Waals surface area contributed by atoms with Crippen LogP contribution in [0.5, 0.6) is 0 Å². The van der Waals surface area contributed by atoms with Gasteiger partial charge in [0.25, 0.3) is 0 Å². The third kappa shape index (κ3) is 1.54. The molecule has 0 atom stereocenters. The van der Waals surface area contributed by atoms with Gasteiger partial charge in [-0.15, -0.1) is 12.4 Å². The highest BCUT2D eigenvalue weighted by Gasteiger charge is 1.96. The Morgan fingerprint density at radius 2 is 2.50 bits per heavy atom. The van der Waals surface area contributed by atoms with E-state index in [4.69, 9.17) is 0 Å². The van der Waals surface area contributed by atoms with Crippen LogP contribution in [0.25, 0.3) is 0 Å². The lowest BCUT2D eigenvalue weighted by Gasteiger charge is -1.87. The van der Waals surface area contributed by atoms with Gasteiger partial charge in [-0.1, -0.05) is 6.58 Å². The van der Waals surface area contributed by atoms with Gasteiger partial charge in [0, 0.05) is 6.54 Å². The molecule has 0 aromatic heterocycles. The fraction of sp³-hybridized carbons (Fsp3) is 0.400. The molecule has 0 spiro atoms. The average Bonchev–Trinajstić information content (AvgIpc) is 2.14. The minimum atomic E-state index is 0. The molecule has 0 saturated carbocycles. The van der Waals surface area contributed by atoms with Gasteiger partial charge >= 0.3 is 0 Å².